The first-order valence-corrected chi connectivity index (χ1v) is 6.35. The van der Waals surface area contributed by atoms with Crippen molar-refractivity contribution in [2.24, 2.45) is 0 Å². The Balaban J connectivity index is 2.31. The Hall–Kier alpha value is -2.47. The van der Waals surface area contributed by atoms with E-state index >= 15 is 0 Å². The van der Waals surface area contributed by atoms with Crippen molar-refractivity contribution in [3.63, 3.8) is 0 Å². The number of nitrogens with two attached hydrogens (primary N) is 1. The van der Waals surface area contributed by atoms with E-state index in [1.165, 1.54) is 30.5 Å². The molecule has 0 fully saturated rings. The van der Waals surface area contributed by atoms with Gasteiger partial charge in [-0.15, -0.1) is 0 Å². The Morgan fingerprint density at radius 2 is 1.90 bits per heavy atom. The Labute approximate surface area is 123 Å². The largest absolute Gasteiger partial charge is 0.382 e. The first-order valence-electron chi connectivity index (χ1n) is 5.97. The molecular formula is C14H9ClF2N4. The van der Waals surface area contributed by atoms with Crippen molar-refractivity contribution in [2.45, 2.75) is 0 Å². The summed E-state index contributed by atoms with van der Waals surface area (Å²) in [6, 6.07) is 5.70. The van der Waals surface area contributed by atoms with Crippen LogP contribution in [0.4, 0.5) is 14.6 Å². The Bertz CT molecular complexity index is 796. The average Bonchev–Trinajstić information content (AvgIpc) is 2.81. The maximum absolute atomic E-state index is 14.1. The number of hydrogen-bond acceptors (Lipinski definition) is 3. The van der Waals surface area contributed by atoms with Crippen molar-refractivity contribution in [1.82, 2.24) is 15.2 Å². The molecule has 3 rings (SSSR count). The smallest absolute Gasteiger partial charge is 0.153 e. The van der Waals surface area contributed by atoms with Gasteiger partial charge in [0, 0.05) is 17.3 Å². The minimum atomic E-state index is -0.574. The number of hydrogen-bond donors (Lipinski definition) is 2. The number of nitrogens with one attached hydrogen (secondary N) is 1. The number of halogens is 3. The Morgan fingerprint density at radius 3 is 2.62 bits per heavy atom. The van der Waals surface area contributed by atoms with E-state index in [2.05, 4.69) is 15.2 Å². The summed E-state index contributed by atoms with van der Waals surface area (Å²) in [6.07, 6.45) is 2.47. The quantitative estimate of drug-likeness (QED) is 0.759. The molecule has 0 radical (unpaired) electrons. The van der Waals surface area contributed by atoms with Crippen LogP contribution >= 0.6 is 11.6 Å². The van der Waals surface area contributed by atoms with E-state index in [1.807, 2.05) is 0 Å². The zero-order valence-corrected chi connectivity index (χ0v) is 11.3. The lowest BCUT2D eigenvalue weighted by Crippen LogP contribution is -1.94. The van der Waals surface area contributed by atoms with Crippen LogP contribution < -0.4 is 5.73 Å². The zero-order chi connectivity index (χ0) is 15.0. The molecule has 2 aromatic heterocycles. The van der Waals surface area contributed by atoms with Crippen molar-refractivity contribution in [3.05, 3.63) is 53.3 Å². The zero-order valence-electron chi connectivity index (χ0n) is 10.6. The minimum Gasteiger partial charge on any atom is -0.382 e. The van der Waals surface area contributed by atoms with Crippen LogP contribution in [0.3, 0.4) is 0 Å². The fraction of sp³-hybridized carbons (Fsp3) is 0. The fourth-order valence-electron chi connectivity index (χ4n) is 2.12. The lowest BCUT2D eigenvalue weighted by molar-refractivity contribution is 0.624. The van der Waals surface area contributed by atoms with E-state index in [9.17, 15) is 8.78 Å². The van der Waals surface area contributed by atoms with Crippen molar-refractivity contribution in [2.75, 3.05) is 5.73 Å². The van der Waals surface area contributed by atoms with Gasteiger partial charge in [-0.3, -0.25) is 10.1 Å². The summed E-state index contributed by atoms with van der Waals surface area (Å²) in [5.74, 6) is -1.10. The highest BCUT2D eigenvalue weighted by atomic mass is 35.5. The molecule has 0 spiro atoms. The molecule has 7 heteroatoms. The molecule has 0 aliphatic carbocycles. The van der Waals surface area contributed by atoms with Crippen molar-refractivity contribution >= 4 is 17.4 Å². The van der Waals surface area contributed by atoms with E-state index < -0.39 is 11.6 Å². The second-order valence-corrected chi connectivity index (χ2v) is 4.72. The van der Waals surface area contributed by atoms with Gasteiger partial charge < -0.3 is 5.73 Å². The number of nitrogen functional groups attached to an aromatic ring is 1. The predicted molar refractivity (Wildman–Crippen MR) is 76.6 cm³/mol. The van der Waals surface area contributed by atoms with E-state index in [0.29, 0.717) is 0 Å². The molecule has 0 aliphatic heterocycles. The molecule has 0 saturated heterocycles. The molecule has 0 unspecified atom stereocenters. The average molecular weight is 307 g/mol. The number of rotatable bonds is 2. The second-order valence-electron chi connectivity index (χ2n) is 4.31. The van der Waals surface area contributed by atoms with Gasteiger partial charge >= 0.3 is 0 Å². The monoisotopic (exact) mass is 306 g/mol. The second kappa shape index (κ2) is 5.14. The van der Waals surface area contributed by atoms with Crippen LogP contribution in [0, 0.1) is 11.6 Å². The maximum atomic E-state index is 14.1. The van der Waals surface area contributed by atoms with Crippen LogP contribution in [-0.2, 0) is 0 Å². The molecule has 0 atom stereocenters. The predicted octanol–water partition coefficient (Wildman–Crippen LogP) is 3.65. The van der Waals surface area contributed by atoms with Gasteiger partial charge in [-0.1, -0.05) is 17.7 Å². The first-order chi connectivity index (χ1) is 10.1. The third-order valence-electron chi connectivity index (χ3n) is 3.05. The number of nitrogens with zero attached hydrogens (tertiary/aromatic N) is 2. The summed E-state index contributed by atoms with van der Waals surface area (Å²) in [5, 5.41) is 6.61. The van der Waals surface area contributed by atoms with Gasteiger partial charge in [0.1, 0.15) is 5.82 Å². The Kier molecular flexibility index (Phi) is 3.31. The third kappa shape index (κ3) is 2.23. The molecule has 4 nitrogen and oxygen atoms in total. The fourth-order valence-corrected chi connectivity index (χ4v) is 2.38. The van der Waals surface area contributed by atoms with Gasteiger partial charge in [0.25, 0.3) is 0 Å². The van der Waals surface area contributed by atoms with Crippen LogP contribution in [0.15, 0.2) is 36.7 Å². The number of benzene rings is 1. The molecule has 3 aromatic rings. The molecule has 3 N–H and O–H groups in total. The first kappa shape index (κ1) is 13.5. The van der Waals surface area contributed by atoms with Crippen LogP contribution in [-0.4, -0.2) is 15.2 Å². The number of aromatic amines is 1. The number of H-pyrrole nitrogens is 1. The van der Waals surface area contributed by atoms with Crippen LogP contribution in [0.25, 0.3) is 22.4 Å². The topological polar surface area (TPSA) is 67.6 Å². The third-order valence-corrected chi connectivity index (χ3v) is 3.36. The van der Waals surface area contributed by atoms with Crippen molar-refractivity contribution in [1.29, 1.82) is 0 Å². The molecule has 0 amide bonds. The Morgan fingerprint density at radius 1 is 1.10 bits per heavy atom. The highest BCUT2D eigenvalue weighted by Crippen LogP contribution is 2.40. The normalized spacial score (nSPS) is 10.8. The number of anilines is 1. The van der Waals surface area contributed by atoms with E-state index in [4.69, 9.17) is 17.3 Å². The highest BCUT2D eigenvalue weighted by molar-refractivity contribution is 6.33. The number of aromatic nitrogens is 3. The molecule has 0 bridgehead atoms. The lowest BCUT2D eigenvalue weighted by Gasteiger charge is -2.08. The van der Waals surface area contributed by atoms with Crippen LogP contribution in [0.2, 0.25) is 5.02 Å². The maximum Gasteiger partial charge on any atom is 0.153 e. The van der Waals surface area contributed by atoms with Crippen LogP contribution in [0.1, 0.15) is 0 Å². The van der Waals surface area contributed by atoms with E-state index in [-0.39, 0.29) is 33.2 Å². The van der Waals surface area contributed by atoms with Gasteiger partial charge in [0.05, 0.1) is 22.5 Å². The summed E-state index contributed by atoms with van der Waals surface area (Å²) in [7, 11) is 0. The van der Waals surface area contributed by atoms with Gasteiger partial charge in [-0.25, -0.2) is 8.78 Å². The summed E-state index contributed by atoms with van der Waals surface area (Å²) in [6.45, 7) is 0. The van der Waals surface area contributed by atoms with Gasteiger partial charge in [0.2, 0.25) is 0 Å². The van der Waals surface area contributed by atoms with E-state index in [0.717, 1.165) is 6.20 Å². The standard InChI is InChI=1S/C14H9ClF2N4/c15-8-2-1-3-9(16)11(8)12-13(20-21-14(12)18)7-4-5-19-6-10(7)17/h1-6H,(H3,18,20,21). The van der Waals surface area contributed by atoms with Gasteiger partial charge in [-0.2, -0.15) is 5.10 Å². The van der Waals surface area contributed by atoms with Crippen LogP contribution in [0.5, 0.6) is 0 Å². The summed E-state index contributed by atoms with van der Waals surface area (Å²) in [5.41, 5.74) is 6.53. The van der Waals surface area contributed by atoms with Gasteiger partial charge in [-0.05, 0) is 18.2 Å². The molecule has 1 aromatic carbocycles. The summed E-state index contributed by atoms with van der Waals surface area (Å²) >= 11 is 6.05. The van der Waals surface area contributed by atoms with Crippen molar-refractivity contribution in [3.8, 4) is 22.4 Å². The molecule has 106 valence electrons. The molecule has 0 aliphatic rings. The molecule has 0 saturated carbocycles. The van der Waals surface area contributed by atoms with E-state index in [1.54, 1.807) is 0 Å². The molecular weight excluding hydrogens is 298 g/mol. The minimum absolute atomic E-state index is 0.0354. The molecule has 2 heterocycles. The van der Waals surface area contributed by atoms with Crippen molar-refractivity contribution < 1.29 is 8.78 Å². The highest BCUT2D eigenvalue weighted by Gasteiger charge is 2.22. The SMILES string of the molecule is Nc1n[nH]c(-c2ccncc2F)c1-c1c(F)cccc1Cl. The molecule has 21 heavy (non-hydrogen) atoms. The summed E-state index contributed by atoms with van der Waals surface area (Å²) in [4.78, 5) is 3.67. The lowest BCUT2D eigenvalue weighted by atomic mass is 10.0. The number of pyridine rings is 1. The summed E-state index contributed by atoms with van der Waals surface area (Å²) < 4.78 is 28.0. The van der Waals surface area contributed by atoms with Gasteiger partial charge in [0.15, 0.2) is 11.6 Å².